The number of halogens is 1. The van der Waals surface area contributed by atoms with E-state index in [1.807, 2.05) is 30.3 Å². The Morgan fingerprint density at radius 1 is 1.33 bits per heavy atom. The first-order chi connectivity index (χ1) is 5.66. The molecule has 0 fully saturated rings. The van der Waals surface area contributed by atoms with Gasteiger partial charge in [0, 0.05) is 19.0 Å². The quantitative estimate of drug-likeness (QED) is 0.659. The van der Waals surface area contributed by atoms with Gasteiger partial charge in [-0.2, -0.15) is 0 Å². The molecule has 0 heterocycles. The largest absolute Gasteiger partial charge is 0.359 e. The van der Waals surface area contributed by atoms with Gasteiger partial charge in [-0.1, -0.05) is 29.8 Å². The lowest BCUT2D eigenvalue weighted by molar-refractivity contribution is -0.118. The Labute approximate surface area is 77.5 Å². The number of carbonyl (C=O) groups is 1. The molecule has 0 aliphatic rings. The Bertz CT molecular complexity index is 223. The number of hydrogen-bond donors (Lipinski definition) is 1. The van der Waals surface area contributed by atoms with Crippen molar-refractivity contribution in [3.63, 3.8) is 0 Å². The fraction of sp³-hybridized carbons (Fsp3) is 0.222. The van der Waals surface area contributed by atoms with E-state index in [0.29, 0.717) is 0 Å². The summed E-state index contributed by atoms with van der Waals surface area (Å²) in [5, 5.41) is 3.18. The van der Waals surface area contributed by atoms with Crippen molar-refractivity contribution in [3.05, 3.63) is 35.4 Å². The molecule has 0 saturated heterocycles. The predicted octanol–water partition coefficient (Wildman–Crippen LogP) is 2.09. The SMILES string of the molecule is CNC(C)=O.Clc1ccccc1. The zero-order chi connectivity index (χ0) is 9.40. The van der Waals surface area contributed by atoms with E-state index in [0.717, 1.165) is 5.02 Å². The molecule has 0 bridgehead atoms. The topological polar surface area (TPSA) is 29.1 Å². The second-order valence-corrected chi connectivity index (χ2v) is 2.54. The lowest BCUT2D eigenvalue weighted by atomic mass is 10.4. The highest BCUT2D eigenvalue weighted by Gasteiger charge is 1.75. The molecule has 0 aliphatic heterocycles. The number of benzene rings is 1. The molecular formula is C9H12ClNO. The van der Waals surface area contributed by atoms with E-state index in [4.69, 9.17) is 11.6 Å². The lowest BCUT2D eigenvalue weighted by Gasteiger charge is -1.80. The average molecular weight is 186 g/mol. The van der Waals surface area contributed by atoms with Crippen LogP contribution in [0.15, 0.2) is 30.3 Å². The summed E-state index contributed by atoms with van der Waals surface area (Å²) in [6, 6.07) is 9.44. The fourth-order valence-electron chi connectivity index (χ4n) is 0.415. The third kappa shape index (κ3) is 7.09. The van der Waals surface area contributed by atoms with Crippen LogP contribution in [-0.2, 0) is 4.79 Å². The van der Waals surface area contributed by atoms with Gasteiger partial charge in [0.1, 0.15) is 0 Å². The van der Waals surface area contributed by atoms with Gasteiger partial charge in [-0.3, -0.25) is 4.79 Å². The summed E-state index contributed by atoms with van der Waals surface area (Å²) in [6.07, 6.45) is 0. The summed E-state index contributed by atoms with van der Waals surface area (Å²) in [7, 11) is 1.60. The molecule has 0 aromatic heterocycles. The van der Waals surface area contributed by atoms with Crippen LogP contribution in [0.1, 0.15) is 6.92 Å². The van der Waals surface area contributed by atoms with Crippen LogP contribution in [0.4, 0.5) is 0 Å². The summed E-state index contributed by atoms with van der Waals surface area (Å²) in [4.78, 5) is 9.70. The van der Waals surface area contributed by atoms with Gasteiger partial charge in [-0.15, -0.1) is 0 Å². The van der Waals surface area contributed by atoms with Gasteiger partial charge < -0.3 is 5.32 Å². The second kappa shape index (κ2) is 6.68. The van der Waals surface area contributed by atoms with Crippen LogP contribution in [-0.4, -0.2) is 13.0 Å². The first-order valence-corrected chi connectivity index (χ1v) is 3.93. The van der Waals surface area contributed by atoms with Crippen molar-refractivity contribution in [2.45, 2.75) is 6.92 Å². The molecule has 1 amide bonds. The third-order valence-corrected chi connectivity index (χ3v) is 1.34. The van der Waals surface area contributed by atoms with Crippen molar-refractivity contribution in [1.82, 2.24) is 5.32 Å². The molecule has 66 valence electrons. The number of hydrogen-bond acceptors (Lipinski definition) is 1. The van der Waals surface area contributed by atoms with Gasteiger partial charge in [-0.25, -0.2) is 0 Å². The van der Waals surface area contributed by atoms with E-state index in [9.17, 15) is 4.79 Å². The molecule has 1 rings (SSSR count). The maximum Gasteiger partial charge on any atom is 0.216 e. The van der Waals surface area contributed by atoms with Gasteiger partial charge in [0.05, 0.1) is 0 Å². The predicted molar refractivity (Wildman–Crippen MR) is 51.2 cm³/mol. The Balaban J connectivity index is 0.000000217. The lowest BCUT2D eigenvalue weighted by Crippen LogP contribution is -2.11. The van der Waals surface area contributed by atoms with Crippen LogP contribution in [0, 0.1) is 0 Å². The fourth-order valence-corrected chi connectivity index (χ4v) is 0.560. The highest BCUT2D eigenvalue weighted by molar-refractivity contribution is 6.30. The molecule has 0 aliphatic carbocycles. The average Bonchev–Trinajstić information content (AvgIpc) is 2.07. The van der Waals surface area contributed by atoms with Crippen molar-refractivity contribution in [2.24, 2.45) is 0 Å². The molecule has 1 N–H and O–H groups in total. The Morgan fingerprint density at radius 3 is 1.92 bits per heavy atom. The molecule has 0 unspecified atom stereocenters. The molecule has 0 radical (unpaired) electrons. The molecule has 12 heavy (non-hydrogen) atoms. The third-order valence-electron chi connectivity index (χ3n) is 1.09. The summed E-state index contributed by atoms with van der Waals surface area (Å²) in [5.74, 6) is 0.00463. The van der Waals surface area contributed by atoms with Crippen molar-refractivity contribution in [1.29, 1.82) is 0 Å². The van der Waals surface area contributed by atoms with Gasteiger partial charge in [0.15, 0.2) is 0 Å². The van der Waals surface area contributed by atoms with Crippen molar-refractivity contribution in [2.75, 3.05) is 7.05 Å². The van der Waals surface area contributed by atoms with Crippen LogP contribution in [0.2, 0.25) is 5.02 Å². The summed E-state index contributed by atoms with van der Waals surface area (Å²) >= 11 is 5.54. The van der Waals surface area contributed by atoms with Crippen LogP contribution in [0.3, 0.4) is 0 Å². The minimum Gasteiger partial charge on any atom is -0.359 e. The first-order valence-electron chi connectivity index (χ1n) is 3.55. The second-order valence-electron chi connectivity index (χ2n) is 2.10. The maximum atomic E-state index is 9.70. The van der Waals surface area contributed by atoms with E-state index >= 15 is 0 Å². The zero-order valence-electron chi connectivity index (χ0n) is 7.17. The summed E-state index contributed by atoms with van der Waals surface area (Å²) in [6.45, 7) is 1.47. The number of carbonyl (C=O) groups excluding carboxylic acids is 1. The van der Waals surface area contributed by atoms with E-state index in [2.05, 4.69) is 5.32 Å². The maximum absolute atomic E-state index is 9.70. The Morgan fingerprint density at radius 2 is 1.75 bits per heavy atom. The van der Waals surface area contributed by atoms with Gasteiger partial charge >= 0.3 is 0 Å². The van der Waals surface area contributed by atoms with Crippen LogP contribution >= 0.6 is 11.6 Å². The zero-order valence-corrected chi connectivity index (χ0v) is 7.93. The molecule has 1 aromatic rings. The molecule has 3 heteroatoms. The van der Waals surface area contributed by atoms with Gasteiger partial charge in [0.2, 0.25) is 5.91 Å². The van der Waals surface area contributed by atoms with Gasteiger partial charge in [0.25, 0.3) is 0 Å². The normalized spacial score (nSPS) is 7.92. The van der Waals surface area contributed by atoms with E-state index in [-0.39, 0.29) is 5.91 Å². The molecule has 0 spiro atoms. The minimum absolute atomic E-state index is 0.00463. The van der Waals surface area contributed by atoms with Crippen molar-refractivity contribution in [3.8, 4) is 0 Å². The van der Waals surface area contributed by atoms with Crippen molar-refractivity contribution < 1.29 is 4.79 Å². The minimum atomic E-state index is 0.00463. The first kappa shape index (κ1) is 11.0. The van der Waals surface area contributed by atoms with Gasteiger partial charge in [-0.05, 0) is 12.1 Å². The standard InChI is InChI=1S/C6H5Cl.C3H7NO/c7-6-4-2-1-3-5-6;1-3(5)4-2/h1-5H;1-2H3,(H,4,5). The summed E-state index contributed by atoms with van der Waals surface area (Å²) in [5.41, 5.74) is 0. The molecule has 0 atom stereocenters. The summed E-state index contributed by atoms with van der Waals surface area (Å²) < 4.78 is 0. The Kier molecular flexibility index (Phi) is 6.11. The van der Waals surface area contributed by atoms with E-state index in [1.54, 1.807) is 7.05 Å². The van der Waals surface area contributed by atoms with E-state index in [1.165, 1.54) is 6.92 Å². The number of rotatable bonds is 0. The Hall–Kier alpha value is -1.02. The van der Waals surface area contributed by atoms with Crippen LogP contribution < -0.4 is 5.32 Å². The highest BCUT2D eigenvalue weighted by Crippen LogP contribution is 2.03. The van der Waals surface area contributed by atoms with Crippen molar-refractivity contribution >= 4 is 17.5 Å². The molecule has 2 nitrogen and oxygen atoms in total. The smallest absolute Gasteiger partial charge is 0.216 e. The number of amides is 1. The number of nitrogens with one attached hydrogen (secondary N) is 1. The molecule has 1 aromatic carbocycles. The molecular weight excluding hydrogens is 174 g/mol. The molecule has 0 saturated carbocycles. The highest BCUT2D eigenvalue weighted by atomic mass is 35.5. The van der Waals surface area contributed by atoms with E-state index < -0.39 is 0 Å². The van der Waals surface area contributed by atoms with Crippen LogP contribution in [0.5, 0.6) is 0 Å². The van der Waals surface area contributed by atoms with Crippen LogP contribution in [0.25, 0.3) is 0 Å². The monoisotopic (exact) mass is 185 g/mol.